The van der Waals surface area contributed by atoms with Gasteiger partial charge in [0.05, 0.1) is 24.3 Å². The maximum absolute atomic E-state index is 12.0. The van der Waals surface area contributed by atoms with Gasteiger partial charge in [0, 0.05) is 16.5 Å². The van der Waals surface area contributed by atoms with E-state index in [1.165, 1.54) is 24.1 Å². The van der Waals surface area contributed by atoms with Crippen molar-refractivity contribution in [1.82, 2.24) is 0 Å². The van der Waals surface area contributed by atoms with Crippen molar-refractivity contribution in [3.8, 4) is 0 Å². The van der Waals surface area contributed by atoms with E-state index in [4.69, 9.17) is 5.11 Å². The lowest BCUT2D eigenvalue weighted by Crippen LogP contribution is -2.27. The van der Waals surface area contributed by atoms with Crippen molar-refractivity contribution in [3.63, 3.8) is 0 Å². The molecule has 20 heavy (non-hydrogen) atoms. The molecule has 2 rings (SSSR count). The molecule has 1 aliphatic rings. The van der Waals surface area contributed by atoms with E-state index in [1.807, 2.05) is 22.6 Å². The molecule has 6 nitrogen and oxygen atoms in total. The first-order valence-corrected chi connectivity index (χ1v) is 6.93. The van der Waals surface area contributed by atoms with E-state index in [9.17, 15) is 14.4 Å². The Morgan fingerprint density at radius 3 is 2.75 bits per heavy atom. The zero-order valence-electron chi connectivity index (χ0n) is 10.6. The predicted octanol–water partition coefficient (Wildman–Crippen LogP) is 1.52. The van der Waals surface area contributed by atoms with E-state index < -0.39 is 17.9 Å². The van der Waals surface area contributed by atoms with Gasteiger partial charge in [-0.05, 0) is 40.8 Å². The number of carboxylic acid groups (broad SMARTS) is 1. The molecule has 1 unspecified atom stereocenters. The third-order valence-electron chi connectivity index (χ3n) is 3.14. The molecule has 1 N–H and O–H groups in total. The predicted molar refractivity (Wildman–Crippen MR) is 78.6 cm³/mol. The molecule has 0 aromatic heterocycles. The normalized spacial score (nSPS) is 18.2. The van der Waals surface area contributed by atoms with Crippen molar-refractivity contribution < 1.29 is 24.2 Å². The molecule has 0 saturated carbocycles. The van der Waals surface area contributed by atoms with Crippen LogP contribution in [-0.2, 0) is 14.3 Å². The first-order valence-electron chi connectivity index (χ1n) is 5.85. The zero-order chi connectivity index (χ0) is 14.9. The molecule has 1 aromatic carbocycles. The highest BCUT2D eigenvalue weighted by Gasteiger charge is 2.36. The van der Waals surface area contributed by atoms with Crippen molar-refractivity contribution in [3.05, 3.63) is 27.3 Å². The number of benzene rings is 1. The molecule has 0 aliphatic carbocycles. The highest BCUT2D eigenvalue weighted by molar-refractivity contribution is 14.1. The molecule has 1 fully saturated rings. The van der Waals surface area contributed by atoms with Gasteiger partial charge in [-0.3, -0.25) is 9.59 Å². The second kappa shape index (κ2) is 5.78. The quantitative estimate of drug-likeness (QED) is 0.626. The first kappa shape index (κ1) is 14.8. The zero-order valence-corrected chi connectivity index (χ0v) is 12.8. The molecule has 1 aliphatic heterocycles. The summed E-state index contributed by atoms with van der Waals surface area (Å²) in [7, 11) is 1.28. The summed E-state index contributed by atoms with van der Waals surface area (Å²) < 4.78 is 5.40. The van der Waals surface area contributed by atoms with Crippen LogP contribution in [0.1, 0.15) is 16.8 Å². The lowest BCUT2D eigenvalue weighted by atomic mass is 10.1. The maximum Gasteiger partial charge on any atom is 0.335 e. The van der Waals surface area contributed by atoms with Crippen molar-refractivity contribution >= 4 is 46.1 Å². The van der Waals surface area contributed by atoms with Crippen LogP contribution in [0.5, 0.6) is 0 Å². The number of nitrogens with zero attached hydrogens (tertiary/aromatic N) is 1. The Bertz CT molecular complexity index is 586. The van der Waals surface area contributed by atoms with Crippen LogP contribution in [0.25, 0.3) is 0 Å². The summed E-state index contributed by atoms with van der Waals surface area (Å²) in [5.41, 5.74) is 0.622. The minimum atomic E-state index is -1.06. The van der Waals surface area contributed by atoms with Crippen LogP contribution in [0.3, 0.4) is 0 Å². The van der Waals surface area contributed by atoms with Gasteiger partial charge in [0.25, 0.3) is 0 Å². The number of amides is 1. The third-order valence-corrected chi connectivity index (χ3v) is 4.06. The number of aromatic carboxylic acids is 1. The van der Waals surface area contributed by atoms with Crippen molar-refractivity contribution in [2.75, 3.05) is 18.6 Å². The van der Waals surface area contributed by atoms with Gasteiger partial charge in [-0.2, -0.15) is 0 Å². The van der Waals surface area contributed by atoms with E-state index in [-0.39, 0.29) is 24.4 Å². The summed E-state index contributed by atoms with van der Waals surface area (Å²) in [4.78, 5) is 35.9. The number of anilines is 1. The molecule has 1 atom stereocenters. The Morgan fingerprint density at radius 2 is 2.15 bits per heavy atom. The van der Waals surface area contributed by atoms with Gasteiger partial charge < -0.3 is 14.7 Å². The summed E-state index contributed by atoms with van der Waals surface area (Å²) >= 11 is 2.03. The molecule has 0 radical (unpaired) electrons. The lowest BCUT2D eigenvalue weighted by Gasteiger charge is -2.18. The van der Waals surface area contributed by atoms with Crippen LogP contribution in [0, 0.1) is 9.49 Å². The number of carbonyl (C=O) groups is 3. The van der Waals surface area contributed by atoms with E-state index in [1.54, 1.807) is 6.07 Å². The molecular formula is C13H12INO5. The summed E-state index contributed by atoms with van der Waals surface area (Å²) in [5, 5.41) is 9.01. The smallest absolute Gasteiger partial charge is 0.335 e. The summed E-state index contributed by atoms with van der Waals surface area (Å²) in [6.45, 7) is 0.213. The maximum atomic E-state index is 12.0. The third kappa shape index (κ3) is 2.77. The molecule has 106 valence electrons. The van der Waals surface area contributed by atoms with E-state index >= 15 is 0 Å². The average Bonchev–Trinajstić information content (AvgIpc) is 2.80. The number of methoxy groups -OCH3 is 1. The van der Waals surface area contributed by atoms with Gasteiger partial charge in [0.1, 0.15) is 0 Å². The molecule has 7 heteroatoms. The number of hydrogen-bond donors (Lipinski definition) is 1. The SMILES string of the molecule is COC(=O)C1CC(=O)N(c2cc(C(=O)O)ccc2I)C1. The number of hydrogen-bond acceptors (Lipinski definition) is 4. The van der Waals surface area contributed by atoms with Gasteiger partial charge in [-0.25, -0.2) is 4.79 Å². The summed E-state index contributed by atoms with van der Waals surface area (Å²) in [6.07, 6.45) is 0.0834. The van der Waals surface area contributed by atoms with Crippen LogP contribution in [0.15, 0.2) is 18.2 Å². The second-order valence-electron chi connectivity index (χ2n) is 4.40. The van der Waals surface area contributed by atoms with Crippen LogP contribution < -0.4 is 4.90 Å². The number of rotatable bonds is 3. The van der Waals surface area contributed by atoms with Gasteiger partial charge >= 0.3 is 11.9 Å². The Morgan fingerprint density at radius 1 is 1.45 bits per heavy atom. The molecular weight excluding hydrogens is 377 g/mol. The average molecular weight is 389 g/mol. The first-order chi connectivity index (χ1) is 9.43. The van der Waals surface area contributed by atoms with E-state index in [0.717, 1.165) is 3.57 Å². The van der Waals surface area contributed by atoms with Crippen LogP contribution in [0.4, 0.5) is 5.69 Å². The summed E-state index contributed by atoms with van der Waals surface area (Å²) in [6, 6.07) is 4.56. The fourth-order valence-electron chi connectivity index (χ4n) is 2.12. The van der Waals surface area contributed by atoms with Crippen molar-refractivity contribution in [2.45, 2.75) is 6.42 Å². The van der Waals surface area contributed by atoms with Gasteiger partial charge in [0.15, 0.2) is 0 Å². The summed E-state index contributed by atoms with van der Waals surface area (Å²) in [5.74, 6) is -2.19. The minimum Gasteiger partial charge on any atom is -0.478 e. The highest BCUT2D eigenvalue weighted by atomic mass is 127. The number of esters is 1. The molecule has 1 saturated heterocycles. The monoisotopic (exact) mass is 389 g/mol. The Labute approximate surface area is 128 Å². The fraction of sp³-hybridized carbons (Fsp3) is 0.308. The number of ether oxygens (including phenoxy) is 1. The van der Waals surface area contributed by atoms with E-state index in [2.05, 4.69) is 4.74 Å². The standard InChI is InChI=1S/C13H12INO5/c1-20-13(19)8-5-11(16)15(6-8)10-4-7(12(17)18)2-3-9(10)14/h2-4,8H,5-6H2,1H3,(H,17,18). The Kier molecular flexibility index (Phi) is 4.26. The highest BCUT2D eigenvalue weighted by Crippen LogP contribution is 2.30. The van der Waals surface area contributed by atoms with Crippen LogP contribution >= 0.6 is 22.6 Å². The molecule has 1 amide bonds. The number of carbonyl (C=O) groups excluding carboxylic acids is 2. The van der Waals surface area contributed by atoms with Crippen LogP contribution in [0.2, 0.25) is 0 Å². The molecule has 0 bridgehead atoms. The second-order valence-corrected chi connectivity index (χ2v) is 5.56. The lowest BCUT2D eigenvalue weighted by molar-refractivity contribution is -0.145. The molecule has 0 spiro atoms. The van der Waals surface area contributed by atoms with Crippen molar-refractivity contribution in [2.24, 2.45) is 5.92 Å². The Balaban J connectivity index is 2.32. The van der Waals surface area contributed by atoms with Crippen molar-refractivity contribution in [1.29, 1.82) is 0 Å². The minimum absolute atomic E-state index is 0.0834. The molecule has 1 aromatic rings. The topological polar surface area (TPSA) is 83.9 Å². The number of halogens is 1. The largest absolute Gasteiger partial charge is 0.478 e. The number of carboxylic acids is 1. The van der Waals surface area contributed by atoms with Gasteiger partial charge in [-0.1, -0.05) is 0 Å². The van der Waals surface area contributed by atoms with Gasteiger partial charge in [-0.15, -0.1) is 0 Å². The van der Waals surface area contributed by atoms with E-state index in [0.29, 0.717) is 5.69 Å². The van der Waals surface area contributed by atoms with Crippen LogP contribution in [-0.4, -0.2) is 36.6 Å². The van der Waals surface area contributed by atoms with Gasteiger partial charge in [0.2, 0.25) is 5.91 Å². The fourth-order valence-corrected chi connectivity index (χ4v) is 2.74. The Hall–Kier alpha value is -1.64. The molecule has 1 heterocycles.